The van der Waals surface area contributed by atoms with Gasteiger partial charge in [-0.3, -0.25) is 4.79 Å². The summed E-state index contributed by atoms with van der Waals surface area (Å²) in [6, 6.07) is 25.1. The predicted octanol–water partition coefficient (Wildman–Crippen LogP) is 5.25. The molecule has 2 N–H and O–H groups in total. The van der Waals surface area contributed by atoms with Gasteiger partial charge in [-0.25, -0.2) is 4.98 Å². The van der Waals surface area contributed by atoms with Crippen LogP contribution in [0.1, 0.15) is 16.8 Å². The molecule has 7 heteroatoms. The number of fused-ring (bicyclic) bond motifs is 1. The molecule has 0 atom stereocenters. The van der Waals surface area contributed by atoms with Gasteiger partial charge in [-0.2, -0.15) is 0 Å². The number of nitrogens with zero attached hydrogens (tertiary/aromatic N) is 2. The van der Waals surface area contributed by atoms with Gasteiger partial charge in [-0.15, -0.1) is 0 Å². The topological polar surface area (TPSA) is 75.7 Å². The second kappa shape index (κ2) is 11.2. The Bertz CT molecular complexity index is 1290. The van der Waals surface area contributed by atoms with Gasteiger partial charge < -0.3 is 25.0 Å². The highest BCUT2D eigenvalue weighted by Gasteiger charge is 2.14. The number of methoxy groups -OCH3 is 2. The number of para-hydroxylation sites is 2. The summed E-state index contributed by atoms with van der Waals surface area (Å²) in [4.78, 5) is 20.0. The Morgan fingerprint density at radius 2 is 1.71 bits per heavy atom. The van der Waals surface area contributed by atoms with E-state index in [0.29, 0.717) is 29.4 Å². The Morgan fingerprint density at radius 3 is 2.49 bits per heavy atom. The molecule has 35 heavy (non-hydrogen) atoms. The highest BCUT2D eigenvalue weighted by Crippen LogP contribution is 2.32. The van der Waals surface area contributed by atoms with Crippen molar-refractivity contribution in [2.45, 2.75) is 6.42 Å². The minimum absolute atomic E-state index is 0.129. The van der Waals surface area contributed by atoms with Gasteiger partial charge in [-0.1, -0.05) is 36.4 Å². The first-order valence-electron chi connectivity index (χ1n) is 11.5. The molecule has 0 unspecified atom stereocenters. The van der Waals surface area contributed by atoms with Crippen LogP contribution in [0.25, 0.3) is 10.9 Å². The van der Waals surface area contributed by atoms with E-state index in [1.165, 1.54) is 0 Å². The molecular weight excluding hydrogens is 440 g/mol. The summed E-state index contributed by atoms with van der Waals surface area (Å²) in [5, 5.41) is 7.15. The lowest BCUT2D eigenvalue weighted by molar-refractivity contribution is 0.0955. The van der Waals surface area contributed by atoms with Crippen LogP contribution in [-0.2, 0) is 0 Å². The number of nitrogens with one attached hydrogen (secondary N) is 2. The number of anilines is 3. The van der Waals surface area contributed by atoms with Crippen LogP contribution in [0.3, 0.4) is 0 Å². The molecular formula is C28H30N4O3. The number of rotatable bonds is 10. The van der Waals surface area contributed by atoms with Crippen LogP contribution in [0.2, 0.25) is 0 Å². The van der Waals surface area contributed by atoms with Crippen molar-refractivity contribution in [1.29, 1.82) is 0 Å². The Balaban J connectivity index is 1.49. The summed E-state index contributed by atoms with van der Waals surface area (Å²) in [5.74, 6) is 1.74. The van der Waals surface area contributed by atoms with Gasteiger partial charge in [-0.05, 0) is 42.8 Å². The zero-order valence-corrected chi connectivity index (χ0v) is 20.2. The highest BCUT2D eigenvalue weighted by atomic mass is 16.5. The molecule has 0 aliphatic rings. The van der Waals surface area contributed by atoms with Crippen molar-refractivity contribution in [3.05, 3.63) is 84.4 Å². The van der Waals surface area contributed by atoms with E-state index >= 15 is 0 Å². The van der Waals surface area contributed by atoms with Crippen molar-refractivity contribution in [3.63, 3.8) is 0 Å². The monoisotopic (exact) mass is 470 g/mol. The average Bonchev–Trinajstić information content (AvgIpc) is 2.91. The summed E-state index contributed by atoms with van der Waals surface area (Å²) in [7, 11) is 5.26. The number of carbonyl (C=O) groups is 1. The van der Waals surface area contributed by atoms with Crippen molar-refractivity contribution in [1.82, 2.24) is 10.3 Å². The molecule has 180 valence electrons. The molecule has 0 saturated heterocycles. The fourth-order valence-corrected chi connectivity index (χ4v) is 3.89. The fraction of sp³-hybridized carbons (Fsp3) is 0.214. The Kier molecular flexibility index (Phi) is 7.67. The first-order valence-corrected chi connectivity index (χ1v) is 11.5. The SMILES string of the molecule is COc1ccc(Nc2cc(C(=O)NCCCN(C)c3ccccc3)c3ccccc3n2)c(OC)c1. The molecule has 3 aromatic carbocycles. The molecule has 0 aliphatic heterocycles. The van der Waals surface area contributed by atoms with Crippen LogP contribution in [0.15, 0.2) is 78.9 Å². The van der Waals surface area contributed by atoms with E-state index in [1.54, 1.807) is 26.4 Å². The Hall–Kier alpha value is -4.26. The van der Waals surface area contributed by atoms with Crippen molar-refractivity contribution in [2.75, 3.05) is 44.6 Å². The van der Waals surface area contributed by atoms with E-state index in [0.717, 1.165) is 35.2 Å². The standard InChI is InChI=1S/C28H30N4O3/c1-32(20-10-5-4-6-11-20)17-9-16-29-28(33)23-19-27(30-24-13-8-7-12-22(23)24)31-25-15-14-21(34-2)18-26(25)35-3/h4-8,10-15,18-19H,9,16-17H2,1-3H3,(H,29,33)(H,30,31). The zero-order chi connectivity index (χ0) is 24.6. The van der Waals surface area contributed by atoms with Crippen LogP contribution < -0.4 is 25.0 Å². The molecule has 1 amide bonds. The minimum atomic E-state index is -0.129. The van der Waals surface area contributed by atoms with Crippen molar-refractivity contribution in [3.8, 4) is 11.5 Å². The number of benzene rings is 3. The molecule has 0 aliphatic carbocycles. The van der Waals surface area contributed by atoms with E-state index in [9.17, 15) is 4.79 Å². The summed E-state index contributed by atoms with van der Waals surface area (Å²) in [5.41, 5.74) is 3.19. The van der Waals surface area contributed by atoms with Crippen LogP contribution in [0.4, 0.5) is 17.2 Å². The largest absolute Gasteiger partial charge is 0.497 e. The smallest absolute Gasteiger partial charge is 0.252 e. The van der Waals surface area contributed by atoms with Crippen molar-refractivity contribution < 1.29 is 14.3 Å². The van der Waals surface area contributed by atoms with Gasteiger partial charge in [0, 0.05) is 37.3 Å². The highest BCUT2D eigenvalue weighted by molar-refractivity contribution is 6.07. The summed E-state index contributed by atoms with van der Waals surface area (Å²) >= 11 is 0. The number of amides is 1. The van der Waals surface area contributed by atoms with E-state index < -0.39 is 0 Å². The van der Waals surface area contributed by atoms with Gasteiger partial charge in [0.15, 0.2) is 0 Å². The maximum Gasteiger partial charge on any atom is 0.252 e. The van der Waals surface area contributed by atoms with Crippen LogP contribution in [0.5, 0.6) is 11.5 Å². The van der Waals surface area contributed by atoms with Crippen LogP contribution in [-0.4, -0.2) is 45.2 Å². The fourth-order valence-electron chi connectivity index (χ4n) is 3.89. The Morgan fingerprint density at radius 1 is 0.943 bits per heavy atom. The lowest BCUT2D eigenvalue weighted by Gasteiger charge is -2.19. The second-order valence-corrected chi connectivity index (χ2v) is 8.13. The van der Waals surface area contributed by atoms with E-state index in [2.05, 4.69) is 34.7 Å². The quantitative estimate of drug-likeness (QED) is 0.308. The number of hydrogen-bond donors (Lipinski definition) is 2. The lowest BCUT2D eigenvalue weighted by atomic mass is 10.1. The maximum atomic E-state index is 13.2. The Labute approximate surface area is 205 Å². The molecule has 0 spiro atoms. The minimum Gasteiger partial charge on any atom is -0.497 e. The van der Waals surface area contributed by atoms with Gasteiger partial charge >= 0.3 is 0 Å². The molecule has 1 aromatic heterocycles. The predicted molar refractivity (Wildman–Crippen MR) is 141 cm³/mol. The molecule has 7 nitrogen and oxygen atoms in total. The number of pyridine rings is 1. The third-order valence-electron chi connectivity index (χ3n) is 5.79. The summed E-state index contributed by atoms with van der Waals surface area (Å²) < 4.78 is 10.8. The first-order chi connectivity index (χ1) is 17.1. The third-order valence-corrected chi connectivity index (χ3v) is 5.79. The summed E-state index contributed by atoms with van der Waals surface area (Å²) in [6.45, 7) is 1.41. The van der Waals surface area contributed by atoms with Gasteiger partial charge in [0.25, 0.3) is 5.91 Å². The third kappa shape index (κ3) is 5.81. The zero-order valence-electron chi connectivity index (χ0n) is 20.2. The van der Waals surface area contributed by atoms with Gasteiger partial charge in [0.1, 0.15) is 17.3 Å². The molecule has 1 heterocycles. The molecule has 0 saturated carbocycles. The molecule has 0 radical (unpaired) electrons. The summed E-state index contributed by atoms with van der Waals surface area (Å²) in [6.07, 6.45) is 0.828. The number of aromatic nitrogens is 1. The van der Waals surface area contributed by atoms with Crippen molar-refractivity contribution in [2.24, 2.45) is 0 Å². The van der Waals surface area contributed by atoms with E-state index in [1.807, 2.05) is 54.6 Å². The normalized spacial score (nSPS) is 10.6. The van der Waals surface area contributed by atoms with E-state index in [-0.39, 0.29) is 5.91 Å². The molecule has 0 bridgehead atoms. The average molecular weight is 471 g/mol. The van der Waals surface area contributed by atoms with Crippen LogP contribution >= 0.6 is 0 Å². The maximum absolute atomic E-state index is 13.2. The van der Waals surface area contributed by atoms with Crippen molar-refractivity contribution >= 4 is 34.0 Å². The second-order valence-electron chi connectivity index (χ2n) is 8.13. The van der Waals surface area contributed by atoms with Gasteiger partial charge in [0.05, 0.1) is 31.0 Å². The lowest BCUT2D eigenvalue weighted by Crippen LogP contribution is -2.28. The molecule has 4 aromatic rings. The van der Waals surface area contributed by atoms with Gasteiger partial charge in [0.2, 0.25) is 0 Å². The molecule has 4 rings (SSSR count). The number of hydrogen-bond acceptors (Lipinski definition) is 6. The van der Waals surface area contributed by atoms with E-state index in [4.69, 9.17) is 14.5 Å². The first kappa shape index (κ1) is 23.9. The number of ether oxygens (including phenoxy) is 2. The number of carbonyl (C=O) groups excluding carboxylic acids is 1. The molecule has 0 fully saturated rings. The van der Waals surface area contributed by atoms with Crippen LogP contribution in [0, 0.1) is 0 Å².